The lowest BCUT2D eigenvalue weighted by molar-refractivity contribution is 0.133. The van der Waals surface area contributed by atoms with Crippen LogP contribution in [-0.2, 0) is 10.2 Å². The van der Waals surface area contributed by atoms with Crippen molar-refractivity contribution in [3.05, 3.63) is 0 Å². The quantitative estimate of drug-likeness (QED) is 0.794. The topological polar surface area (TPSA) is 64.1 Å². The highest BCUT2D eigenvalue weighted by molar-refractivity contribution is 7.86. The predicted octanol–water partition coefficient (Wildman–Crippen LogP) is 0.352. The van der Waals surface area contributed by atoms with Crippen LogP contribution >= 0.6 is 0 Å². The fourth-order valence-electron chi connectivity index (χ4n) is 3.27. The molecule has 7 heteroatoms. The maximum atomic E-state index is 12.8. The smallest absolute Gasteiger partial charge is 0.282 e. The molecule has 0 spiro atoms. The largest absolute Gasteiger partial charge is 0.395 e. The third-order valence-corrected chi connectivity index (χ3v) is 6.45. The number of nitrogens with zero attached hydrogens (tertiary/aromatic N) is 3. The second-order valence-corrected chi connectivity index (χ2v) is 8.43. The molecule has 21 heavy (non-hydrogen) atoms. The fraction of sp³-hybridized carbons (Fsp3) is 1.00. The van der Waals surface area contributed by atoms with Crippen molar-refractivity contribution in [1.82, 2.24) is 13.5 Å². The average Bonchev–Trinajstić information content (AvgIpc) is 2.47. The number of hydrogen-bond acceptors (Lipinski definition) is 4. The molecule has 1 atom stereocenters. The number of rotatable bonds is 5. The van der Waals surface area contributed by atoms with Gasteiger partial charge in [0.25, 0.3) is 10.2 Å². The number of aliphatic hydroxyl groups is 1. The minimum absolute atomic E-state index is 0.0768. The van der Waals surface area contributed by atoms with Crippen molar-refractivity contribution >= 4 is 10.2 Å². The summed E-state index contributed by atoms with van der Waals surface area (Å²) in [6.07, 6.45) is 2.66. The van der Waals surface area contributed by atoms with Crippen molar-refractivity contribution in [3.63, 3.8) is 0 Å². The van der Waals surface area contributed by atoms with Gasteiger partial charge in [0.05, 0.1) is 6.61 Å². The Bertz CT molecular complexity index is 419. The summed E-state index contributed by atoms with van der Waals surface area (Å²) in [4.78, 5) is 2.33. The van der Waals surface area contributed by atoms with Crippen molar-refractivity contribution in [1.29, 1.82) is 0 Å². The van der Waals surface area contributed by atoms with E-state index in [1.54, 1.807) is 4.31 Å². The maximum absolute atomic E-state index is 12.8. The third-order valence-electron chi connectivity index (χ3n) is 4.36. The summed E-state index contributed by atoms with van der Waals surface area (Å²) in [6.45, 7) is 8.58. The molecule has 0 aliphatic carbocycles. The molecule has 1 N–H and O–H groups in total. The van der Waals surface area contributed by atoms with Crippen LogP contribution in [0.5, 0.6) is 0 Å². The van der Waals surface area contributed by atoms with Gasteiger partial charge in [-0.25, -0.2) is 0 Å². The molecule has 0 aromatic carbocycles. The molecule has 2 aliphatic rings. The lowest BCUT2D eigenvalue weighted by Crippen LogP contribution is -2.56. The molecular formula is C14H29N3O3S. The Labute approximate surface area is 128 Å². The molecule has 2 rings (SSSR count). The zero-order valence-electron chi connectivity index (χ0n) is 13.2. The molecule has 0 amide bonds. The Morgan fingerprint density at radius 1 is 1.10 bits per heavy atom. The van der Waals surface area contributed by atoms with Crippen LogP contribution in [0.3, 0.4) is 0 Å². The van der Waals surface area contributed by atoms with Crippen LogP contribution in [0.2, 0.25) is 0 Å². The molecule has 2 heterocycles. The lowest BCUT2D eigenvalue weighted by atomic mass is 10.1. The van der Waals surface area contributed by atoms with Gasteiger partial charge in [-0.05, 0) is 18.8 Å². The van der Waals surface area contributed by atoms with Crippen LogP contribution in [0.4, 0.5) is 0 Å². The molecule has 2 saturated heterocycles. The van der Waals surface area contributed by atoms with E-state index in [1.807, 2.05) is 0 Å². The Kier molecular flexibility index (Phi) is 6.02. The van der Waals surface area contributed by atoms with Gasteiger partial charge in [0.15, 0.2) is 0 Å². The Morgan fingerprint density at radius 3 is 2.33 bits per heavy atom. The molecular weight excluding hydrogens is 290 g/mol. The highest BCUT2D eigenvalue weighted by Gasteiger charge is 2.37. The van der Waals surface area contributed by atoms with E-state index in [-0.39, 0.29) is 12.6 Å². The first-order valence-corrected chi connectivity index (χ1v) is 9.45. The van der Waals surface area contributed by atoms with Gasteiger partial charge in [-0.2, -0.15) is 17.0 Å². The van der Waals surface area contributed by atoms with Crippen LogP contribution < -0.4 is 0 Å². The molecule has 0 saturated carbocycles. The van der Waals surface area contributed by atoms with Gasteiger partial charge in [-0.3, -0.25) is 0 Å². The molecule has 124 valence electrons. The third kappa shape index (κ3) is 4.16. The molecule has 0 aromatic heterocycles. The van der Waals surface area contributed by atoms with E-state index in [9.17, 15) is 13.5 Å². The van der Waals surface area contributed by atoms with Crippen LogP contribution in [0, 0.1) is 5.92 Å². The predicted molar refractivity (Wildman–Crippen MR) is 83.2 cm³/mol. The number of piperidine rings is 1. The van der Waals surface area contributed by atoms with E-state index in [0.717, 1.165) is 38.9 Å². The average molecular weight is 319 g/mol. The van der Waals surface area contributed by atoms with E-state index in [1.165, 1.54) is 4.31 Å². The summed E-state index contributed by atoms with van der Waals surface area (Å²) in [7, 11) is -3.42. The minimum Gasteiger partial charge on any atom is -0.395 e. The lowest BCUT2D eigenvalue weighted by Gasteiger charge is -2.40. The fourth-order valence-corrected chi connectivity index (χ4v) is 5.10. The Morgan fingerprint density at radius 2 is 1.76 bits per heavy atom. The maximum Gasteiger partial charge on any atom is 0.282 e. The standard InChI is InChI=1S/C14H29N3O3S/c1-13(2)11-15-7-9-16(10-8-15)21(19,20)17-6-4-3-5-14(17)12-18/h13-14,18H,3-12H2,1-2H3. The zero-order chi connectivity index (χ0) is 15.5. The second kappa shape index (κ2) is 7.37. The van der Waals surface area contributed by atoms with Gasteiger partial charge in [0.2, 0.25) is 0 Å². The highest BCUT2D eigenvalue weighted by Crippen LogP contribution is 2.23. The van der Waals surface area contributed by atoms with Crippen LogP contribution in [0.1, 0.15) is 33.1 Å². The molecule has 2 aliphatic heterocycles. The summed E-state index contributed by atoms with van der Waals surface area (Å²) in [5.74, 6) is 0.606. The second-order valence-electron chi connectivity index (χ2n) is 6.54. The normalized spacial score (nSPS) is 27.3. The summed E-state index contributed by atoms with van der Waals surface area (Å²) in [5.41, 5.74) is 0. The van der Waals surface area contributed by atoms with E-state index in [0.29, 0.717) is 25.6 Å². The van der Waals surface area contributed by atoms with Gasteiger partial charge in [0, 0.05) is 45.3 Å². The first-order chi connectivity index (χ1) is 9.95. The summed E-state index contributed by atoms with van der Waals surface area (Å²) in [6, 6.07) is -0.238. The molecule has 0 aromatic rings. The first-order valence-electron chi connectivity index (χ1n) is 8.05. The first kappa shape index (κ1) is 17.1. The van der Waals surface area contributed by atoms with Gasteiger partial charge in [-0.1, -0.05) is 20.3 Å². The van der Waals surface area contributed by atoms with Crippen LogP contribution in [-0.4, -0.2) is 79.0 Å². The van der Waals surface area contributed by atoms with E-state index < -0.39 is 10.2 Å². The monoisotopic (exact) mass is 319 g/mol. The van der Waals surface area contributed by atoms with Crippen LogP contribution in [0.25, 0.3) is 0 Å². The van der Waals surface area contributed by atoms with E-state index >= 15 is 0 Å². The SMILES string of the molecule is CC(C)CN1CCN(S(=O)(=O)N2CCCCC2CO)CC1. The molecule has 0 radical (unpaired) electrons. The van der Waals surface area contributed by atoms with Crippen molar-refractivity contribution in [3.8, 4) is 0 Å². The van der Waals surface area contributed by atoms with Crippen molar-refractivity contribution < 1.29 is 13.5 Å². The number of piperazine rings is 1. The highest BCUT2D eigenvalue weighted by atomic mass is 32.2. The van der Waals surface area contributed by atoms with Crippen molar-refractivity contribution in [2.45, 2.75) is 39.2 Å². The van der Waals surface area contributed by atoms with Crippen molar-refractivity contribution in [2.75, 3.05) is 45.9 Å². The number of aliphatic hydroxyl groups excluding tert-OH is 1. The Hall–Kier alpha value is -0.210. The summed E-state index contributed by atoms with van der Waals surface area (Å²) >= 11 is 0. The van der Waals surface area contributed by atoms with Gasteiger partial charge in [-0.15, -0.1) is 0 Å². The molecule has 1 unspecified atom stereocenters. The Balaban J connectivity index is 1.97. The van der Waals surface area contributed by atoms with Gasteiger partial charge < -0.3 is 10.0 Å². The van der Waals surface area contributed by atoms with Gasteiger partial charge >= 0.3 is 0 Å². The molecule has 6 nitrogen and oxygen atoms in total. The zero-order valence-corrected chi connectivity index (χ0v) is 14.1. The molecule has 0 bridgehead atoms. The summed E-state index contributed by atoms with van der Waals surface area (Å²) < 4.78 is 28.6. The van der Waals surface area contributed by atoms with Crippen molar-refractivity contribution in [2.24, 2.45) is 5.92 Å². The number of hydrogen-bond donors (Lipinski definition) is 1. The summed E-state index contributed by atoms with van der Waals surface area (Å²) in [5, 5.41) is 9.43. The minimum atomic E-state index is -3.42. The van der Waals surface area contributed by atoms with Gasteiger partial charge in [0.1, 0.15) is 0 Å². The van der Waals surface area contributed by atoms with E-state index in [4.69, 9.17) is 0 Å². The van der Waals surface area contributed by atoms with Crippen LogP contribution in [0.15, 0.2) is 0 Å². The molecule has 2 fully saturated rings. The van der Waals surface area contributed by atoms with E-state index in [2.05, 4.69) is 18.7 Å².